The number of aromatic nitrogens is 1. The Morgan fingerprint density at radius 2 is 0.918 bits per heavy atom. The quantitative estimate of drug-likeness (QED) is 0.162. The van der Waals surface area contributed by atoms with Crippen molar-refractivity contribution in [2.75, 3.05) is 4.90 Å². The predicted octanol–water partition coefficient (Wildman–Crippen LogP) is 16.2. The van der Waals surface area contributed by atoms with E-state index in [0.29, 0.717) is 5.89 Å². The first-order valence-electron chi connectivity index (χ1n) is 20.6. The molecule has 12 rings (SSSR count). The van der Waals surface area contributed by atoms with Crippen LogP contribution in [0, 0.1) is 0 Å². The van der Waals surface area contributed by atoms with Gasteiger partial charge in [0.05, 0.1) is 0 Å². The van der Waals surface area contributed by atoms with Gasteiger partial charge in [-0.3, -0.25) is 0 Å². The minimum absolute atomic E-state index is 0.621. The van der Waals surface area contributed by atoms with Crippen LogP contribution in [0.25, 0.3) is 99.4 Å². The molecule has 0 saturated heterocycles. The maximum atomic E-state index is 6.80. The molecule has 0 aliphatic heterocycles. The van der Waals surface area contributed by atoms with Crippen molar-refractivity contribution in [2.45, 2.75) is 0 Å². The molecule has 0 bridgehead atoms. The normalized spacial score (nSPS) is 11.6. The average molecular weight is 781 g/mol. The van der Waals surface area contributed by atoms with Crippen molar-refractivity contribution >= 4 is 71.6 Å². The molecule has 0 unspecified atom stereocenters. The third kappa shape index (κ3) is 5.96. The summed E-state index contributed by atoms with van der Waals surface area (Å²) in [5.41, 5.74) is 14.5. The van der Waals surface area contributed by atoms with Crippen molar-refractivity contribution in [1.29, 1.82) is 0 Å². The van der Waals surface area contributed by atoms with Crippen LogP contribution in [-0.2, 0) is 0 Å². The fourth-order valence-corrected chi connectivity index (χ4v) is 8.98. The topological polar surface area (TPSA) is 42.4 Å². The van der Waals surface area contributed by atoms with Crippen molar-refractivity contribution in [2.24, 2.45) is 0 Å². The van der Waals surface area contributed by atoms with Crippen LogP contribution in [0.4, 0.5) is 17.1 Å². The van der Waals surface area contributed by atoms with Crippen molar-refractivity contribution in [1.82, 2.24) is 4.98 Å². The highest BCUT2D eigenvalue weighted by Gasteiger charge is 2.20. The number of rotatable bonds is 7. The van der Waals surface area contributed by atoms with E-state index >= 15 is 0 Å². The molecule has 0 N–H and O–H groups in total. The molecule has 0 radical (unpaired) electrons. The largest absolute Gasteiger partial charge is 0.455 e. The van der Waals surface area contributed by atoms with Gasteiger partial charge in [0.1, 0.15) is 16.7 Å². The number of benzene rings is 10. The van der Waals surface area contributed by atoms with E-state index in [1.54, 1.807) is 0 Å². The third-order valence-corrected chi connectivity index (χ3v) is 11.9. The molecule has 61 heavy (non-hydrogen) atoms. The number of hydrogen-bond acceptors (Lipinski definition) is 4. The summed E-state index contributed by atoms with van der Waals surface area (Å²) in [6.07, 6.45) is 0. The molecular formula is C57H36N2O2. The predicted molar refractivity (Wildman–Crippen MR) is 253 cm³/mol. The maximum Gasteiger partial charge on any atom is 0.227 e. The van der Waals surface area contributed by atoms with E-state index in [4.69, 9.17) is 13.8 Å². The second-order valence-corrected chi connectivity index (χ2v) is 15.5. The second-order valence-electron chi connectivity index (χ2n) is 15.5. The molecule has 0 aliphatic carbocycles. The van der Waals surface area contributed by atoms with Crippen molar-refractivity contribution in [3.8, 4) is 44.8 Å². The smallest absolute Gasteiger partial charge is 0.227 e. The van der Waals surface area contributed by atoms with Gasteiger partial charge >= 0.3 is 0 Å². The second kappa shape index (κ2) is 14.3. The van der Waals surface area contributed by atoms with Crippen LogP contribution in [0.1, 0.15) is 0 Å². The zero-order valence-corrected chi connectivity index (χ0v) is 33.0. The number of hydrogen-bond donors (Lipinski definition) is 0. The van der Waals surface area contributed by atoms with E-state index in [9.17, 15) is 0 Å². The van der Waals surface area contributed by atoms with Gasteiger partial charge < -0.3 is 13.7 Å². The zero-order valence-electron chi connectivity index (χ0n) is 33.0. The van der Waals surface area contributed by atoms with E-state index in [0.717, 1.165) is 99.5 Å². The van der Waals surface area contributed by atoms with Crippen molar-refractivity contribution in [3.63, 3.8) is 0 Å². The first-order valence-corrected chi connectivity index (χ1v) is 20.6. The van der Waals surface area contributed by atoms with Crippen LogP contribution in [0.3, 0.4) is 0 Å². The van der Waals surface area contributed by atoms with Gasteiger partial charge in [0.25, 0.3) is 0 Å². The van der Waals surface area contributed by atoms with E-state index in [1.807, 2.05) is 24.3 Å². The lowest BCUT2D eigenvalue weighted by molar-refractivity contribution is 0.620. The Kier molecular flexibility index (Phi) is 8.13. The lowest BCUT2D eigenvalue weighted by Gasteiger charge is -2.26. The number of oxazole rings is 1. The first-order chi connectivity index (χ1) is 30.2. The molecule has 286 valence electrons. The molecule has 4 nitrogen and oxygen atoms in total. The fraction of sp³-hybridized carbons (Fsp3) is 0. The minimum atomic E-state index is 0.621. The Labute approximate surface area is 352 Å². The van der Waals surface area contributed by atoms with Gasteiger partial charge in [-0.1, -0.05) is 146 Å². The summed E-state index contributed by atoms with van der Waals surface area (Å²) in [5, 5.41) is 6.64. The van der Waals surface area contributed by atoms with E-state index in [1.165, 1.54) is 11.1 Å². The first kappa shape index (κ1) is 34.8. The number of para-hydroxylation sites is 3. The molecule has 0 spiro atoms. The van der Waals surface area contributed by atoms with Gasteiger partial charge in [-0.2, -0.15) is 0 Å². The standard InChI is InChI=1S/C57H36N2O2/c1-3-13-37(14-4-1)38-23-28-43(29-24-38)59(42-16-5-2-6-17-42)44-30-25-39(26-31-44)50-35-40-15-7-8-18-46(40)56-55(50)51-36-41(27-34-53(51)60-56)45-32-33-49(48-20-10-9-19-47(45)48)57-58-52-21-11-12-22-54(52)61-57/h1-36H. The average Bonchev–Trinajstić information content (AvgIpc) is 3.94. The van der Waals surface area contributed by atoms with E-state index in [-0.39, 0.29) is 0 Å². The Morgan fingerprint density at radius 3 is 1.67 bits per heavy atom. The van der Waals surface area contributed by atoms with Crippen LogP contribution in [0.5, 0.6) is 0 Å². The molecule has 0 aliphatic rings. The van der Waals surface area contributed by atoms with Crippen LogP contribution in [0.2, 0.25) is 0 Å². The summed E-state index contributed by atoms with van der Waals surface area (Å²) in [5.74, 6) is 0.621. The van der Waals surface area contributed by atoms with Gasteiger partial charge in [-0.15, -0.1) is 0 Å². The molecular weight excluding hydrogens is 745 g/mol. The molecule has 4 heteroatoms. The van der Waals surface area contributed by atoms with Gasteiger partial charge in [-0.05, 0) is 122 Å². The van der Waals surface area contributed by atoms with Crippen LogP contribution < -0.4 is 4.90 Å². The third-order valence-electron chi connectivity index (χ3n) is 11.9. The van der Waals surface area contributed by atoms with Gasteiger partial charge in [0, 0.05) is 38.8 Å². The Bertz CT molecular complexity index is 3540. The number of nitrogens with zero attached hydrogens (tertiary/aromatic N) is 2. The fourth-order valence-electron chi connectivity index (χ4n) is 8.98. The van der Waals surface area contributed by atoms with Gasteiger partial charge in [-0.25, -0.2) is 4.98 Å². The molecule has 0 atom stereocenters. The lowest BCUT2D eigenvalue weighted by atomic mass is 9.92. The van der Waals surface area contributed by atoms with Crippen LogP contribution in [0.15, 0.2) is 227 Å². The minimum Gasteiger partial charge on any atom is -0.455 e. The lowest BCUT2D eigenvalue weighted by Crippen LogP contribution is -2.09. The highest BCUT2D eigenvalue weighted by molar-refractivity contribution is 6.22. The maximum absolute atomic E-state index is 6.80. The van der Waals surface area contributed by atoms with Crippen molar-refractivity contribution < 1.29 is 8.83 Å². The summed E-state index contributed by atoms with van der Waals surface area (Å²) >= 11 is 0. The van der Waals surface area contributed by atoms with Gasteiger partial charge in [0.2, 0.25) is 5.89 Å². The summed E-state index contributed by atoms with van der Waals surface area (Å²) in [4.78, 5) is 7.16. The number of fused-ring (bicyclic) bond motifs is 7. The molecule has 10 aromatic carbocycles. The molecule has 2 heterocycles. The van der Waals surface area contributed by atoms with Gasteiger partial charge in [0.15, 0.2) is 5.58 Å². The summed E-state index contributed by atoms with van der Waals surface area (Å²) in [7, 11) is 0. The number of anilines is 3. The number of furan rings is 1. The summed E-state index contributed by atoms with van der Waals surface area (Å²) < 4.78 is 13.1. The summed E-state index contributed by atoms with van der Waals surface area (Å²) in [6.45, 7) is 0. The monoisotopic (exact) mass is 780 g/mol. The summed E-state index contributed by atoms with van der Waals surface area (Å²) in [6, 6.07) is 77.0. The Hall–Kier alpha value is -8.21. The highest BCUT2D eigenvalue weighted by Crippen LogP contribution is 2.45. The highest BCUT2D eigenvalue weighted by atomic mass is 16.3. The Balaban J connectivity index is 0.985. The molecule has 0 amide bonds. The van der Waals surface area contributed by atoms with Crippen LogP contribution >= 0.6 is 0 Å². The molecule has 2 aromatic heterocycles. The SMILES string of the molecule is c1ccc(-c2ccc(N(c3ccccc3)c3ccc(-c4cc5ccccc5c5oc6ccc(-c7ccc(-c8nc9ccccc9o8)c8ccccc78)cc6c45)cc3)cc2)cc1. The van der Waals surface area contributed by atoms with Crippen molar-refractivity contribution in [3.05, 3.63) is 218 Å². The Morgan fingerprint density at radius 1 is 0.344 bits per heavy atom. The molecule has 0 fully saturated rings. The van der Waals surface area contributed by atoms with E-state index < -0.39 is 0 Å². The van der Waals surface area contributed by atoms with E-state index in [2.05, 4.69) is 199 Å². The van der Waals surface area contributed by atoms with Crippen LogP contribution in [-0.4, -0.2) is 4.98 Å². The molecule has 0 saturated carbocycles. The molecule has 12 aromatic rings. The zero-order chi connectivity index (χ0) is 40.3.